The second-order valence-corrected chi connectivity index (χ2v) is 14.0. The van der Waals surface area contributed by atoms with Crippen molar-refractivity contribution in [3.8, 4) is 23.0 Å². The number of methoxy groups -OCH3 is 2. The highest BCUT2D eigenvalue weighted by molar-refractivity contribution is 9.10. The van der Waals surface area contributed by atoms with Gasteiger partial charge < -0.3 is 39.2 Å². The van der Waals surface area contributed by atoms with E-state index in [2.05, 4.69) is 21.2 Å². The van der Waals surface area contributed by atoms with E-state index in [4.69, 9.17) is 24.1 Å². The molecule has 1 saturated carbocycles. The zero-order valence-corrected chi connectivity index (χ0v) is 30.5. The number of amides is 2. The monoisotopic (exact) mass is 761 g/mol. The highest BCUT2D eigenvalue weighted by atomic mass is 79.9. The number of carboxylic acid groups (broad SMARTS) is 1. The largest absolute Gasteiger partial charge is 0.497 e. The minimum atomic E-state index is -0.917. The Balaban J connectivity index is 1.24. The molecule has 2 amide bonds. The van der Waals surface area contributed by atoms with Crippen molar-refractivity contribution >= 4 is 39.3 Å². The lowest BCUT2D eigenvalue weighted by atomic mass is 9.82. The number of carbonyl (C=O) groups is 3. The number of nitrogens with one attached hydrogen (secondary N) is 1. The van der Waals surface area contributed by atoms with Gasteiger partial charge in [-0.3, -0.25) is 14.4 Å². The third-order valence-corrected chi connectivity index (χ3v) is 9.95. The van der Waals surface area contributed by atoms with Gasteiger partial charge in [-0.05, 0) is 90.9 Å². The minimum absolute atomic E-state index is 0.0533. The first kappa shape index (κ1) is 36.2. The van der Waals surface area contributed by atoms with E-state index in [1.807, 2.05) is 71.6 Å². The van der Waals surface area contributed by atoms with Crippen LogP contribution in [0.15, 0.2) is 76.8 Å². The lowest BCUT2D eigenvalue weighted by Crippen LogP contribution is -2.62. The van der Waals surface area contributed by atoms with Crippen LogP contribution in [0.4, 0.5) is 0 Å². The molecule has 0 aromatic heterocycles. The smallest absolute Gasteiger partial charge is 0.303 e. The van der Waals surface area contributed by atoms with Crippen molar-refractivity contribution in [3.05, 3.63) is 87.9 Å². The van der Waals surface area contributed by atoms with Crippen LogP contribution in [0.2, 0.25) is 0 Å². The zero-order chi connectivity index (χ0) is 35.9. The van der Waals surface area contributed by atoms with Gasteiger partial charge in [0.1, 0.15) is 36.2 Å². The van der Waals surface area contributed by atoms with E-state index in [1.165, 1.54) is 0 Å². The summed E-state index contributed by atoms with van der Waals surface area (Å²) >= 11 is 3.43. The number of piperazine rings is 1. The molecule has 3 aliphatic rings. The van der Waals surface area contributed by atoms with Crippen LogP contribution < -0.4 is 24.3 Å². The second-order valence-electron chi connectivity index (χ2n) is 13.1. The van der Waals surface area contributed by atoms with Crippen LogP contribution >= 0.6 is 15.9 Å². The molecule has 0 radical (unpaired) electrons. The number of ether oxygens (including phenoxy) is 4. The Morgan fingerprint density at radius 1 is 0.863 bits per heavy atom. The minimum Gasteiger partial charge on any atom is -0.497 e. The fourth-order valence-electron chi connectivity index (χ4n) is 6.78. The summed E-state index contributed by atoms with van der Waals surface area (Å²) in [4.78, 5) is 42.9. The van der Waals surface area contributed by atoms with Gasteiger partial charge in [-0.2, -0.15) is 0 Å². The van der Waals surface area contributed by atoms with Gasteiger partial charge in [0.15, 0.2) is 0 Å². The van der Waals surface area contributed by atoms with Crippen LogP contribution in [0.1, 0.15) is 49.7 Å². The SMILES string of the molecule is COc1cc(CN(C(=O)C2=C(c3ccc(OCCOc4ccc(Br)cc4)cc3)C[C@@H]3CN(C(=O)CCCC(=O)O)C[C@H]2N3)C2CC2)cc(OC)c1. The van der Waals surface area contributed by atoms with Crippen molar-refractivity contribution in [2.45, 2.75) is 63.2 Å². The molecule has 2 fully saturated rings. The fraction of sp³-hybridized carbons (Fsp3) is 0.410. The molecule has 3 aromatic carbocycles. The van der Waals surface area contributed by atoms with Gasteiger partial charge >= 0.3 is 5.97 Å². The Morgan fingerprint density at radius 2 is 1.49 bits per heavy atom. The number of hydrogen-bond donors (Lipinski definition) is 2. The van der Waals surface area contributed by atoms with Crippen molar-refractivity contribution in [2.75, 3.05) is 40.5 Å². The normalized spacial score (nSPS) is 18.2. The number of rotatable bonds is 16. The van der Waals surface area contributed by atoms with Gasteiger partial charge in [-0.25, -0.2) is 0 Å². The van der Waals surface area contributed by atoms with Crippen molar-refractivity contribution < 1.29 is 38.4 Å². The van der Waals surface area contributed by atoms with Crippen LogP contribution in [0.3, 0.4) is 0 Å². The molecule has 270 valence electrons. The van der Waals surface area contributed by atoms with Gasteiger partial charge in [-0.1, -0.05) is 28.1 Å². The van der Waals surface area contributed by atoms with Crippen LogP contribution in [-0.4, -0.2) is 91.3 Å². The van der Waals surface area contributed by atoms with Crippen LogP contribution in [-0.2, 0) is 20.9 Å². The van der Waals surface area contributed by atoms with Crippen molar-refractivity contribution in [2.24, 2.45) is 0 Å². The topological polar surface area (TPSA) is 127 Å². The molecule has 11 nitrogen and oxygen atoms in total. The second kappa shape index (κ2) is 16.6. The highest BCUT2D eigenvalue weighted by Crippen LogP contribution is 2.38. The average Bonchev–Trinajstić information content (AvgIpc) is 3.98. The number of carbonyl (C=O) groups excluding carboxylic acids is 2. The summed E-state index contributed by atoms with van der Waals surface area (Å²) in [6.45, 7) is 1.97. The van der Waals surface area contributed by atoms with E-state index < -0.39 is 5.97 Å². The molecular formula is C39H44BrN3O8. The quantitative estimate of drug-likeness (QED) is 0.177. The number of fused-ring (bicyclic) bond motifs is 2. The summed E-state index contributed by atoms with van der Waals surface area (Å²) in [5, 5.41) is 12.7. The van der Waals surface area contributed by atoms with Crippen molar-refractivity contribution in [3.63, 3.8) is 0 Å². The first-order chi connectivity index (χ1) is 24.7. The van der Waals surface area contributed by atoms with E-state index in [1.54, 1.807) is 19.1 Å². The molecule has 3 aromatic rings. The summed E-state index contributed by atoms with van der Waals surface area (Å²) in [7, 11) is 3.21. The van der Waals surface area contributed by atoms with E-state index in [0.29, 0.717) is 62.1 Å². The van der Waals surface area contributed by atoms with E-state index >= 15 is 0 Å². The Hall–Kier alpha value is -4.55. The molecule has 2 bridgehead atoms. The Kier molecular flexibility index (Phi) is 11.8. The van der Waals surface area contributed by atoms with E-state index in [9.17, 15) is 14.4 Å². The molecular weight excluding hydrogens is 718 g/mol. The third-order valence-electron chi connectivity index (χ3n) is 9.42. The fourth-order valence-corrected chi connectivity index (χ4v) is 7.05. The van der Waals surface area contributed by atoms with Crippen molar-refractivity contribution in [1.29, 1.82) is 0 Å². The molecule has 2 aliphatic heterocycles. The number of halogens is 1. The van der Waals surface area contributed by atoms with Crippen LogP contribution in [0, 0.1) is 0 Å². The lowest BCUT2D eigenvalue weighted by Gasteiger charge is -2.45. The number of benzene rings is 3. The van der Waals surface area contributed by atoms with E-state index in [0.717, 1.165) is 39.8 Å². The Labute approximate surface area is 306 Å². The highest BCUT2D eigenvalue weighted by Gasteiger charge is 2.43. The molecule has 1 saturated heterocycles. The zero-order valence-electron chi connectivity index (χ0n) is 28.9. The standard InChI is InChI=1S/C39H44BrN3O8/c1-48-32-18-25(19-33(21-32)49-2)22-43(29-10-11-29)39(47)38-34(20-28-23-42(24-35(38)41-28)36(44)4-3-5-37(45)46)26-6-12-30(13-7-26)50-16-17-51-31-14-8-27(40)9-15-31/h6-9,12-15,18-19,21,28-29,35,41H,3-5,10-11,16-17,20,22-24H2,1-2H3,(H,45,46)/t28-,35-/m1/s1. The van der Waals surface area contributed by atoms with Gasteiger partial charge in [0.25, 0.3) is 5.91 Å². The van der Waals surface area contributed by atoms with E-state index in [-0.39, 0.29) is 49.2 Å². The van der Waals surface area contributed by atoms with Crippen molar-refractivity contribution in [1.82, 2.24) is 15.1 Å². The predicted octanol–water partition coefficient (Wildman–Crippen LogP) is 5.70. The molecule has 2 N–H and O–H groups in total. The summed E-state index contributed by atoms with van der Waals surface area (Å²) < 4.78 is 23.8. The number of carboxylic acids is 1. The van der Waals surface area contributed by atoms with Gasteiger partial charge in [0.2, 0.25) is 5.91 Å². The molecule has 1 aliphatic carbocycles. The third kappa shape index (κ3) is 9.42. The van der Waals surface area contributed by atoms with Gasteiger partial charge in [-0.15, -0.1) is 0 Å². The summed E-state index contributed by atoms with van der Waals surface area (Å²) in [6.07, 6.45) is 2.78. The maximum atomic E-state index is 14.8. The predicted molar refractivity (Wildman–Crippen MR) is 195 cm³/mol. The Morgan fingerprint density at radius 3 is 2.08 bits per heavy atom. The van der Waals surface area contributed by atoms with Crippen LogP contribution in [0.25, 0.3) is 5.57 Å². The number of hydrogen-bond acceptors (Lipinski definition) is 8. The maximum Gasteiger partial charge on any atom is 0.303 e. The summed E-state index contributed by atoms with van der Waals surface area (Å²) in [6, 6.07) is 20.8. The van der Waals surface area contributed by atoms with Gasteiger partial charge in [0.05, 0.1) is 20.3 Å². The number of aliphatic carboxylic acids is 1. The molecule has 2 heterocycles. The average molecular weight is 763 g/mol. The molecule has 2 atom stereocenters. The molecule has 6 rings (SSSR count). The summed E-state index contributed by atoms with van der Waals surface area (Å²) in [5.41, 5.74) is 3.46. The van der Waals surface area contributed by atoms with Crippen LogP contribution in [0.5, 0.6) is 23.0 Å². The first-order valence-electron chi connectivity index (χ1n) is 17.3. The molecule has 0 unspecified atom stereocenters. The molecule has 0 spiro atoms. The lowest BCUT2D eigenvalue weighted by molar-refractivity contribution is -0.138. The number of nitrogens with zero attached hydrogens (tertiary/aromatic N) is 2. The van der Waals surface area contributed by atoms with Gasteiger partial charge in [0, 0.05) is 60.7 Å². The summed E-state index contributed by atoms with van der Waals surface area (Å²) in [5.74, 6) is 1.71. The molecule has 51 heavy (non-hydrogen) atoms. The maximum absolute atomic E-state index is 14.8. The first-order valence-corrected chi connectivity index (χ1v) is 18.1. The Bertz CT molecular complexity index is 1720. The molecule has 12 heteroatoms.